The standard InChI is InChI=1S/C17H15FN2O2/c1-11-4-3-5-14(8-11)21-10-16-19-17(20-22-16)13-7-6-12(2)15(18)9-13/h3-9H,10H2,1-2H3. The molecule has 0 fully saturated rings. The molecular formula is C17H15FN2O2. The van der Waals surface area contributed by atoms with Crippen molar-refractivity contribution in [2.24, 2.45) is 0 Å². The van der Waals surface area contributed by atoms with E-state index in [4.69, 9.17) is 9.26 Å². The molecule has 0 amide bonds. The first-order chi connectivity index (χ1) is 10.6. The molecule has 22 heavy (non-hydrogen) atoms. The van der Waals surface area contributed by atoms with Gasteiger partial charge in [0, 0.05) is 5.56 Å². The zero-order chi connectivity index (χ0) is 15.5. The van der Waals surface area contributed by atoms with Crippen LogP contribution in [-0.4, -0.2) is 10.1 Å². The molecule has 0 unspecified atom stereocenters. The summed E-state index contributed by atoms with van der Waals surface area (Å²) in [4.78, 5) is 4.22. The van der Waals surface area contributed by atoms with Gasteiger partial charge in [0.2, 0.25) is 5.82 Å². The van der Waals surface area contributed by atoms with Crippen molar-refractivity contribution in [3.63, 3.8) is 0 Å². The lowest BCUT2D eigenvalue weighted by Crippen LogP contribution is -1.96. The molecule has 0 aliphatic heterocycles. The maximum absolute atomic E-state index is 13.6. The minimum Gasteiger partial charge on any atom is -0.484 e. The molecule has 3 rings (SSSR count). The highest BCUT2D eigenvalue weighted by Crippen LogP contribution is 2.20. The molecule has 112 valence electrons. The quantitative estimate of drug-likeness (QED) is 0.728. The van der Waals surface area contributed by atoms with Crippen molar-refractivity contribution in [1.29, 1.82) is 0 Å². The normalized spacial score (nSPS) is 10.7. The van der Waals surface area contributed by atoms with Gasteiger partial charge in [-0.2, -0.15) is 4.98 Å². The predicted octanol–water partition coefficient (Wildman–Crippen LogP) is 4.07. The number of hydrogen-bond acceptors (Lipinski definition) is 4. The largest absolute Gasteiger partial charge is 0.484 e. The maximum atomic E-state index is 13.6. The van der Waals surface area contributed by atoms with E-state index in [-0.39, 0.29) is 12.4 Å². The molecule has 0 saturated heterocycles. The molecule has 0 saturated carbocycles. The topological polar surface area (TPSA) is 48.2 Å². The summed E-state index contributed by atoms with van der Waals surface area (Å²) in [5.74, 6) is 1.14. The highest BCUT2D eigenvalue weighted by atomic mass is 19.1. The second kappa shape index (κ2) is 5.97. The number of nitrogens with zero attached hydrogens (tertiary/aromatic N) is 2. The van der Waals surface area contributed by atoms with Crippen LogP contribution in [0.15, 0.2) is 47.0 Å². The lowest BCUT2D eigenvalue weighted by atomic mass is 10.1. The summed E-state index contributed by atoms with van der Waals surface area (Å²) < 4.78 is 24.3. The van der Waals surface area contributed by atoms with Crippen molar-refractivity contribution in [2.75, 3.05) is 0 Å². The van der Waals surface area contributed by atoms with Gasteiger partial charge in [0.25, 0.3) is 5.89 Å². The number of benzene rings is 2. The van der Waals surface area contributed by atoms with Crippen LogP contribution < -0.4 is 4.74 Å². The number of rotatable bonds is 4. The van der Waals surface area contributed by atoms with Crippen molar-refractivity contribution in [1.82, 2.24) is 10.1 Å². The molecular weight excluding hydrogens is 283 g/mol. The Hall–Kier alpha value is -2.69. The molecule has 0 radical (unpaired) electrons. The summed E-state index contributed by atoms with van der Waals surface area (Å²) in [5.41, 5.74) is 2.27. The maximum Gasteiger partial charge on any atom is 0.264 e. The van der Waals surface area contributed by atoms with Gasteiger partial charge in [0.1, 0.15) is 11.6 Å². The molecule has 0 atom stereocenters. The number of aromatic nitrogens is 2. The van der Waals surface area contributed by atoms with E-state index in [0.29, 0.717) is 22.8 Å². The van der Waals surface area contributed by atoms with Crippen LogP contribution in [0, 0.1) is 19.7 Å². The summed E-state index contributed by atoms with van der Waals surface area (Å²) in [7, 11) is 0. The highest BCUT2D eigenvalue weighted by molar-refractivity contribution is 5.54. The minimum absolute atomic E-state index is 0.171. The Bertz CT molecular complexity index is 799. The predicted molar refractivity (Wildman–Crippen MR) is 79.9 cm³/mol. The molecule has 0 spiro atoms. The molecule has 1 aromatic heterocycles. The van der Waals surface area contributed by atoms with Gasteiger partial charge in [0.05, 0.1) is 0 Å². The SMILES string of the molecule is Cc1cccc(OCc2nc(-c3ccc(C)c(F)c3)no2)c1. The van der Waals surface area contributed by atoms with Crippen molar-refractivity contribution in [3.05, 3.63) is 65.3 Å². The molecule has 3 aromatic rings. The average Bonchev–Trinajstić information content (AvgIpc) is 2.97. The molecule has 2 aromatic carbocycles. The smallest absolute Gasteiger partial charge is 0.264 e. The number of aryl methyl sites for hydroxylation is 2. The van der Waals surface area contributed by atoms with Crippen LogP contribution in [0.2, 0.25) is 0 Å². The molecule has 5 heteroatoms. The van der Waals surface area contributed by atoms with Gasteiger partial charge < -0.3 is 9.26 Å². The van der Waals surface area contributed by atoms with Crippen LogP contribution in [0.4, 0.5) is 4.39 Å². The van der Waals surface area contributed by atoms with Crippen molar-refractivity contribution < 1.29 is 13.7 Å². The Balaban J connectivity index is 1.72. The molecule has 1 heterocycles. The first-order valence-electron chi connectivity index (χ1n) is 6.90. The molecule has 0 aliphatic carbocycles. The van der Waals surface area contributed by atoms with E-state index in [0.717, 1.165) is 11.3 Å². The fourth-order valence-corrected chi connectivity index (χ4v) is 2.01. The summed E-state index contributed by atoms with van der Waals surface area (Å²) in [6.45, 7) is 3.87. The zero-order valence-electron chi connectivity index (χ0n) is 12.3. The van der Waals surface area contributed by atoms with E-state index in [1.807, 2.05) is 31.2 Å². The van der Waals surface area contributed by atoms with Crippen molar-refractivity contribution in [2.45, 2.75) is 20.5 Å². The van der Waals surface area contributed by atoms with Crippen LogP contribution in [0.1, 0.15) is 17.0 Å². The average molecular weight is 298 g/mol. The fourth-order valence-electron chi connectivity index (χ4n) is 2.01. The van der Waals surface area contributed by atoms with Gasteiger partial charge in [-0.05, 0) is 43.2 Å². The van der Waals surface area contributed by atoms with E-state index in [1.165, 1.54) is 6.07 Å². The molecule has 4 nitrogen and oxygen atoms in total. The van der Waals surface area contributed by atoms with E-state index < -0.39 is 0 Å². The van der Waals surface area contributed by atoms with Gasteiger partial charge >= 0.3 is 0 Å². The number of hydrogen-bond donors (Lipinski definition) is 0. The van der Waals surface area contributed by atoms with Gasteiger partial charge in [-0.15, -0.1) is 0 Å². The Morgan fingerprint density at radius 2 is 2.00 bits per heavy atom. The second-order valence-corrected chi connectivity index (χ2v) is 5.08. The van der Waals surface area contributed by atoms with Gasteiger partial charge in [0.15, 0.2) is 6.61 Å². The van der Waals surface area contributed by atoms with Gasteiger partial charge in [-0.1, -0.05) is 29.4 Å². The van der Waals surface area contributed by atoms with Crippen LogP contribution in [0.3, 0.4) is 0 Å². The summed E-state index contributed by atoms with van der Waals surface area (Å²) >= 11 is 0. The fraction of sp³-hybridized carbons (Fsp3) is 0.176. The van der Waals surface area contributed by atoms with Gasteiger partial charge in [-0.25, -0.2) is 4.39 Å². The van der Waals surface area contributed by atoms with E-state index in [9.17, 15) is 4.39 Å². The monoisotopic (exact) mass is 298 g/mol. The lowest BCUT2D eigenvalue weighted by Gasteiger charge is -2.03. The van der Waals surface area contributed by atoms with E-state index >= 15 is 0 Å². The Morgan fingerprint density at radius 3 is 2.77 bits per heavy atom. The Labute approximate surface area is 127 Å². The third-order valence-corrected chi connectivity index (χ3v) is 3.25. The number of halogens is 1. The van der Waals surface area contributed by atoms with Crippen molar-refractivity contribution in [3.8, 4) is 17.1 Å². The molecule has 0 N–H and O–H groups in total. The van der Waals surface area contributed by atoms with Crippen LogP contribution in [0.25, 0.3) is 11.4 Å². The molecule has 0 bridgehead atoms. The summed E-state index contributed by atoms with van der Waals surface area (Å²) in [5, 5.41) is 3.85. The first kappa shape index (κ1) is 14.3. The summed E-state index contributed by atoms with van der Waals surface area (Å²) in [6.07, 6.45) is 0. The third kappa shape index (κ3) is 3.14. The van der Waals surface area contributed by atoms with Crippen LogP contribution >= 0.6 is 0 Å². The second-order valence-electron chi connectivity index (χ2n) is 5.08. The third-order valence-electron chi connectivity index (χ3n) is 3.25. The minimum atomic E-state index is -0.292. The van der Waals surface area contributed by atoms with Crippen molar-refractivity contribution >= 4 is 0 Å². The molecule has 0 aliphatic rings. The first-order valence-corrected chi connectivity index (χ1v) is 6.90. The summed E-state index contributed by atoms with van der Waals surface area (Å²) in [6, 6.07) is 12.5. The Morgan fingerprint density at radius 1 is 1.14 bits per heavy atom. The highest BCUT2D eigenvalue weighted by Gasteiger charge is 2.10. The van der Waals surface area contributed by atoms with Crippen LogP contribution in [-0.2, 0) is 6.61 Å². The van der Waals surface area contributed by atoms with Crippen LogP contribution in [0.5, 0.6) is 5.75 Å². The van der Waals surface area contributed by atoms with Gasteiger partial charge in [-0.3, -0.25) is 0 Å². The Kier molecular flexibility index (Phi) is 3.87. The van der Waals surface area contributed by atoms with E-state index in [2.05, 4.69) is 10.1 Å². The van der Waals surface area contributed by atoms with E-state index in [1.54, 1.807) is 19.1 Å². The zero-order valence-corrected chi connectivity index (χ0v) is 12.3. The lowest BCUT2D eigenvalue weighted by molar-refractivity contribution is 0.243. The number of ether oxygens (including phenoxy) is 1.